The van der Waals surface area contributed by atoms with Gasteiger partial charge in [0, 0.05) is 24.5 Å². The molecule has 0 spiro atoms. The summed E-state index contributed by atoms with van der Waals surface area (Å²) in [6, 6.07) is 17.3. The van der Waals surface area contributed by atoms with E-state index in [1.165, 1.54) is 24.3 Å². The van der Waals surface area contributed by atoms with Crippen LogP contribution in [0.1, 0.15) is 19.4 Å². The number of nitrogens with zero attached hydrogens (tertiary/aromatic N) is 2. The van der Waals surface area contributed by atoms with Crippen molar-refractivity contribution < 1.29 is 9.18 Å². The van der Waals surface area contributed by atoms with Crippen LogP contribution in [0.25, 0.3) is 0 Å². The molecule has 2 aromatic carbocycles. The van der Waals surface area contributed by atoms with Crippen molar-refractivity contribution in [3.8, 4) is 6.07 Å². The van der Waals surface area contributed by atoms with Crippen molar-refractivity contribution in [1.29, 1.82) is 5.26 Å². The Morgan fingerprint density at radius 2 is 1.84 bits per heavy atom. The second-order valence-corrected chi connectivity index (χ2v) is 5.87. The molecule has 25 heavy (non-hydrogen) atoms. The molecule has 0 fully saturated rings. The van der Waals surface area contributed by atoms with E-state index in [1.807, 2.05) is 55.1 Å². The van der Waals surface area contributed by atoms with E-state index in [-0.39, 0.29) is 17.4 Å². The van der Waals surface area contributed by atoms with E-state index in [0.29, 0.717) is 12.2 Å². The van der Waals surface area contributed by atoms with Gasteiger partial charge in [-0.3, -0.25) is 4.79 Å². The SMILES string of the molecule is CC(C)N(/C=C(/C#N)C(=O)Nc1ccc(F)cc1)Cc1ccccc1. The molecule has 0 radical (unpaired) electrons. The number of nitriles is 1. The maximum atomic E-state index is 12.9. The van der Waals surface area contributed by atoms with Crippen LogP contribution in [0.2, 0.25) is 0 Å². The number of carbonyl (C=O) groups excluding carboxylic acids is 1. The Bertz CT molecular complexity index is 777. The van der Waals surface area contributed by atoms with Crippen LogP contribution in [-0.2, 0) is 11.3 Å². The van der Waals surface area contributed by atoms with Gasteiger partial charge in [0.05, 0.1) is 0 Å². The molecule has 0 saturated heterocycles. The first kappa shape index (κ1) is 18.2. The van der Waals surface area contributed by atoms with Crippen molar-refractivity contribution in [2.24, 2.45) is 0 Å². The van der Waals surface area contributed by atoms with Gasteiger partial charge in [0.2, 0.25) is 0 Å². The molecule has 2 rings (SSSR count). The minimum atomic E-state index is -0.521. The number of halogens is 1. The van der Waals surface area contributed by atoms with Crippen LogP contribution in [0.15, 0.2) is 66.4 Å². The van der Waals surface area contributed by atoms with E-state index in [1.54, 1.807) is 6.20 Å². The van der Waals surface area contributed by atoms with Gasteiger partial charge < -0.3 is 10.2 Å². The summed E-state index contributed by atoms with van der Waals surface area (Å²) < 4.78 is 12.9. The minimum absolute atomic E-state index is 0.00560. The van der Waals surface area contributed by atoms with Gasteiger partial charge in [0.15, 0.2) is 0 Å². The highest BCUT2D eigenvalue weighted by atomic mass is 19.1. The third kappa shape index (κ3) is 5.47. The van der Waals surface area contributed by atoms with Gasteiger partial charge in [-0.05, 0) is 43.7 Å². The number of nitrogens with one attached hydrogen (secondary N) is 1. The predicted molar refractivity (Wildman–Crippen MR) is 95.8 cm³/mol. The first-order valence-electron chi connectivity index (χ1n) is 7.98. The topological polar surface area (TPSA) is 56.1 Å². The molecule has 0 saturated carbocycles. The molecule has 5 heteroatoms. The largest absolute Gasteiger partial charge is 0.369 e. The zero-order valence-electron chi connectivity index (χ0n) is 14.2. The Labute approximate surface area is 147 Å². The highest BCUT2D eigenvalue weighted by molar-refractivity contribution is 6.06. The summed E-state index contributed by atoms with van der Waals surface area (Å²) in [6.07, 6.45) is 1.57. The number of benzene rings is 2. The molecule has 128 valence electrons. The molecule has 0 unspecified atom stereocenters. The van der Waals surface area contributed by atoms with Crippen LogP contribution in [-0.4, -0.2) is 16.8 Å². The van der Waals surface area contributed by atoms with Crippen molar-refractivity contribution in [2.45, 2.75) is 26.4 Å². The third-order valence-electron chi connectivity index (χ3n) is 3.63. The lowest BCUT2D eigenvalue weighted by Gasteiger charge is -2.25. The van der Waals surface area contributed by atoms with Crippen LogP contribution in [0.5, 0.6) is 0 Å². The molecule has 0 aliphatic carbocycles. The van der Waals surface area contributed by atoms with Gasteiger partial charge in [-0.25, -0.2) is 4.39 Å². The molecule has 2 aromatic rings. The average molecular weight is 337 g/mol. The van der Waals surface area contributed by atoms with E-state index in [2.05, 4.69) is 5.32 Å². The zero-order chi connectivity index (χ0) is 18.2. The first-order chi connectivity index (χ1) is 12.0. The average Bonchev–Trinajstić information content (AvgIpc) is 2.61. The van der Waals surface area contributed by atoms with E-state index in [0.717, 1.165) is 5.56 Å². The van der Waals surface area contributed by atoms with Crippen molar-refractivity contribution in [3.63, 3.8) is 0 Å². The zero-order valence-corrected chi connectivity index (χ0v) is 14.2. The quantitative estimate of drug-likeness (QED) is 0.638. The molecule has 4 nitrogen and oxygen atoms in total. The summed E-state index contributed by atoms with van der Waals surface area (Å²) in [5, 5.41) is 12.0. The van der Waals surface area contributed by atoms with Gasteiger partial charge >= 0.3 is 0 Å². The van der Waals surface area contributed by atoms with E-state index >= 15 is 0 Å². The Morgan fingerprint density at radius 3 is 2.40 bits per heavy atom. The molecular formula is C20H20FN3O. The van der Waals surface area contributed by atoms with Crippen molar-refractivity contribution in [3.05, 3.63) is 77.8 Å². The summed E-state index contributed by atoms with van der Waals surface area (Å²) in [4.78, 5) is 14.2. The maximum absolute atomic E-state index is 12.9. The summed E-state index contributed by atoms with van der Waals surface area (Å²) in [5.74, 6) is -0.907. The fraction of sp³-hybridized carbons (Fsp3) is 0.200. The van der Waals surface area contributed by atoms with Crippen molar-refractivity contribution >= 4 is 11.6 Å². The normalized spacial score (nSPS) is 11.1. The van der Waals surface area contributed by atoms with Gasteiger partial charge in [0.25, 0.3) is 5.91 Å². The van der Waals surface area contributed by atoms with E-state index < -0.39 is 5.91 Å². The standard InChI is InChI=1S/C20H20FN3O/c1-15(2)24(13-16-6-4-3-5-7-16)14-17(12-22)20(25)23-19-10-8-18(21)9-11-19/h3-11,14-15H,13H2,1-2H3,(H,23,25)/b17-14-. The van der Waals surface area contributed by atoms with Gasteiger partial charge in [-0.2, -0.15) is 5.26 Å². The highest BCUT2D eigenvalue weighted by Gasteiger charge is 2.14. The van der Waals surface area contributed by atoms with Crippen LogP contribution in [0.4, 0.5) is 10.1 Å². The van der Waals surface area contributed by atoms with Crippen molar-refractivity contribution in [2.75, 3.05) is 5.32 Å². The summed E-state index contributed by atoms with van der Waals surface area (Å²) in [6.45, 7) is 4.58. The monoisotopic (exact) mass is 337 g/mol. The molecule has 0 aliphatic heterocycles. The fourth-order valence-electron chi connectivity index (χ4n) is 2.21. The fourth-order valence-corrected chi connectivity index (χ4v) is 2.21. The minimum Gasteiger partial charge on any atom is -0.369 e. The maximum Gasteiger partial charge on any atom is 0.267 e. The summed E-state index contributed by atoms with van der Waals surface area (Å²) in [7, 11) is 0. The molecule has 0 aromatic heterocycles. The lowest BCUT2D eigenvalue weighted by atomic mass is 10.2. The van der Waals surface area contributed by atoms with E-state index in [9.17, 15) is 14.4 Å². The lowest BCUT2D eigenvalue weighted by molar-refractivity contribution is -0.112. The number of amides is 1. The number of carbonyl (C=O) groups is 1. The van der Waals surface area contributed by atoms with Crippen molar-refractivity contribution in [1.82, 2.24) is 4.90 Å². The van der Waals surface area contributed by atoms with Gasteiger partial charge in [0.1, 0.15) is 17.5 Å². The number of hydrogen-bond donors (Lipinski definition) is 1. The number of rotatable bonds is 6. The van der Waals surface area contributed by atoms with Crippen LogP contribution in [0.3, 0.4) is 0 Å². The van der Waals surface area contributed by atoms with Crippen LogP contribution in [0, 0.1) is 17.1 Å². The third-order valence-corrected chi connectivity index (χ3v) is 3.63. The Kier molecular flexibility index (Phi) is 6.30. The van der Waals surface area contributed by atoms with Gasteiger partial charge in [-0.1, -0.05) is 30.3 Å². The van der Waals surface area contributed by atoms with Crippen LogP contribution < -0.4 is 5.32 Å². The molecule has 1 N–H and O–H groups in total. The second kappa shape index (κ2) is 8.65. The Morgan fingerprint density at radius 1 is 1.20 bits per heavy atom. The summed E-state index contributed by atoms with van der Waals surface area (Å²) >= 11 is 0. The van der Waals surface area contributed by atoms with E-state index in [4.69, 9.17) is 0 Å². The molecule has 0 aliphatic rings. The van der Waals surface area contributed by atoms with Crippen LogP contribution >= 0.6 is 0 Å². The molecular weight excluding hydrogens is 317 g/mol. The second-order valence-electron chi connectivity index (χ2n) is 5.87. The molecule has 0 atom stereocenters. The predicted octanol–water partition coefficient (Wildman–Crippen LogP) is 4.08. The lowest BCUT2D eigenvalue weighted by Crippen LogP contribution is -2.27. The summed E-state index contributed by atoms with van der Waals surface area (Å²) in [5.41, 5.74) is 1.52. The number of anilines is 1. The highest BCUT2D eigenvalue weighted by Crippen LogP contribution is 2.13. The first-order valence-corrected chi connectivity index (χ1v) is 7.98. The molecule has 1 amide bonds. The smallest absolute Gasteiger partial charge is 0.267 e. The molecule has 0 heterocycles. The Hall–Kier alpha value is -3.13. The Balaban J connectivity index is 2.15. The van der Waals surface area contributed by atoms with Gasteiger partial charge in [-0.15, -0.1) is 0 Å². The number of hydrogen-bond acceptors (Lipinski definition) is 3. The molecule has 0 bridgehead atoms.